The van der Waals surface area contributed by atoms with Gasteiger partial charge in [0.2, 0.25) is 0 Å². The zero-order valence-electron chi connectivity index (χ0n) is 15.1. The number of carbonyl (C=O) groups is 1. The summed E-state index contributed by atoms with van der Waals surface area (Å²) in [4.78, 5) is 12.2. The standard InChI is InChI=1S/C19H21BrN2O4/c1-12-5-7-18(16(20)9-12)26-13(2)19(23)22-21-11-14-10-15(24-3)6-8-17(14)25-4/h5-11,13H,1-4H3,(H,22,23). The van der Waals surface area contributed by atoms with E-state index in [1.54, 1.807) is 39.3 Å². The molecular weight excluding hydrogens is 400 g/mol. The zero-order chi connectivity index (χ0) is 19.1. The molecule has 0 radical (unpaired) electrons. The zero-order valence-corrected chi connectivity index (χ0v) is 16.7. The van der Waals surface area contributed by atoms with Gasteiger partial charge < -0.3 is 14.2 Å². The third-order valence-electron chi connectivity index (χ3n) is 3.58. The fourth-order valence-corrected chi connectivity index (χ4v) is 2.73. The van der Waals surface area contributed by atoms with E-state index in [-0.39, 0.29) is 5.91 Å². The van der Waals surface area contributed by atoms with Gasteiger partial charge in [-0.05, 0) is 65.7 Å². The van der Waals surface area contributed by atoms with E-state index in [2.05, 4.69) is 26.5 Å². The molecular formula is C19H21BrN2O4. The SMILES string of the molecule is COc1ccc(OC)c(C=NNC(=O)C(C)Oc2ccc(C)cc2Br)c1. The molecule has 0 aromatic heterocycles. The Bertz CT molecular complexity index is 808. The minimum atomic E-state index is -0.710. The predicted octanol–water partition coefficient (Wildman–Crippen LogP) is 3.69. The lowest BCUT2D eigenvalue weighted by Gasteiger charge is -2.14. The number of carbonyl (C=O) groups excluding carboxylic acids is 1. The molecule has 0 aliphatic carbocycles. The largest absolute Gasteiger partial charge is 0.497 e. The Hall–Kier alpha value is -2.54. The summed E-state index contributed by atoms with van der Waals surface area (Å²) in [6.07, 6.45) is 0.784. The lowest BCUT2D eigenvalue weighted by molar-refractivity contribution is -0.127. The molecule has 1 unspecified atom stereocenters. The van der Waals surface area contributed by atoms with Gasteiger partial charge in [-0.1, -0.05) is 6.07 Å². The van der Waals surface area contributed by atoms with E-state index in [0.29, 0.717) is 22.8 Å². The van der Waals surface area contributed by atoms with Crippen molar-refractivity contribution in [1.29, 1.82) is 0 Å². The fraction of sp³-hybridized carbons (Fsp3) is 0.263. The number of halogens is 1. The van der Waals surface area contributed by atoms with E-state index in [4.69, 9.17) is 14.2 Å². The van der Waals surface area contributed by atoms with Crippen LogP contribution in [0.3, 0.4) is 0 Å². The smallest absolute Gasteiger partial charge is 0.280 e. The number of hydrazone groups is 1. The van der Waals surface area contributed by atoms with E-state index in [1.807, 2.05) is 25.1 Å². The summed E-state index contributed by atoms with van der Waals surface area (Å²) in [7, 11) is 3.14. The summed E-state index contributed by atoms with van der Waals surface area (Å²) < 4.78 is 16.9. The van der Waals surface area contributed by atoms with Crippen LogP contribution in [0.1, 0.15) is 18.1 Å². The van der Waals surface area contributed by atoms with E-state index in [9.17, 15) is 4.79 Å². The van der Waals surface area contributed by atoms with Crippen LogP contribution in [0, 0.1) is 6.92 Å². The van der Waals surface area contributed by atoms with Crippen LogP contribution in [0.25, 0.3) is 0 Å². The second-order valence-corrected chi connectivity index (χ2v) is 6.39. The molecule has 1 atom stereocenters. The first-order chi connectivity index (χ1) is 12.4. The van der Waals surface area contributed by atoms with E-state index >= 15 is 0 Å². The number of nitrogens with zero attached hydrogens (tertiary/aromatic N) is 1. The molecule has 0 fully saturated rings. The molecule has 2 aromatic rings. The monoisotopic (exact) mass is 420 g/mol. The van der Waals surface area contributed by atoms with E-state index < -0.39 is 6.10 Å². The van der Waals surface area contributed by atoms with Crippen molar-refractivity contribution in [3.8, 4) is 17.2 Å². The second-order valence-electron chi connectivity index (χ2n) is 5.54. The highest BCUT2D eigenvalue weighted by Crippen LogP contribution is 2.26. The van der Waals surface area contributed by atoms with Crippen LogP contribution >= 0.6 is 15.9 Å². The number of benzene rings is 2. The summed E-state index contributed by atoms with van der Waals surface area (Å²) in [6, 6.07) is 11.0. The first-order valence-corrected chi connectivity index (χ1v) is 8.71. The topological polar surface area (TPSA) is 69.2 Å². The molecule has 2 aromatic carbocycles. The molecule has 1 N–H and O–H groups in total. The average Bonchev–Trinajstić information content (AvgIpc) is 2.63. The Morgan fingerprint density at radius 2 is 1.88 bits per heavy atom. The van der Waals surface area contributed by atoms with Gasteiger partial charge in [0.05, 0.1) is 24.9 Å². The van der Waals surface area contributed by atoms with Crippen molar-refractivity contribution < 1.29 is 19.0 Å². The second kappa shape index (κ2) is 9.24. The van der Waals surface area contributed by atoms with Crippen LogP contribution in [0.2, 0.25) is 0 Å². The Labute approximate surface area is 161 Å². The van der Waals surface area contributed by atoms with E-state index in [0.717, 1.165) is 10.0 Å². The molecule has 0 heterocycles. The first kappa shape index (κ1) is 19.8. The normalized spacial score (nSPS) is 11.9. The van der Waals surface area contributed by atoms with Gasteiger partial charge in [-0.25, -0.2) is 5.43 Å². The molecule has 1 amide bonds. The molecule has 0 aliphatic rings. The van der Waals surface area contributed by atoms with Crippen LogP contribution in [0.5, 0.6) is 17.2 Å². The third kappa shape index (κ3) is 5.23. The molecule has 2 rings (SSSR count). The van der Waals surface area contributed by atoms with Gasteiger partial charge in [0.15, 0.2) is 6.10 Å². The number of hydrogen-bond donors (Lipinski definition) is 1. The average molecular weight is 421 g/mol. The quantitative estimate of drug-likeness (QED) is 0.547. The van der Waals surface area contributed by atoms with Crippen molar-refractivity contribution in [2.45, 2.75) is 20.0 Å². The number of methoxy groups -OCH3 is 2. The number of amides is 1. The minimum Gasteiger partial charge on any atom is -0.497 e. The van der Waals surface area contributed by atoms with Gasteiger partial charge in [0.1, 0.15) is 17.2 Å². The summed E-state index contributed by atoms with van der Waals surface area (Å²) in [6.45, 7) is 3.63. The van der Waals surface area contributed by atoms with Gasteiger partial charge in [-0.2, -0.15) is 5.10 Å². The number of ether oxygens (including phenoxy) is 3. The summed E-state index contributed by atoms with van der Waals surface area (Å²) >= 11 is 3.43. The first-order valence-electron chi connectivity index (χ1n) is 7.92. The number of hydrogen-bond acceptors (Lipinski definition) is 5. The third-order valence-corrected chi connectivity index (χ3v) is 4.20. The van der Waals surface area contributed by atoms with Crippen molar-refractivity contribution in [3.05, 3.63) is 52.0 Å². The molecule has 138 valence electrons. The Morgan fingerprint density at radius 1 is 1.15 bits per heavy atom. The molecule has 26 heavy (non-hydrogen) atoms. The van der Waals surface area contributed by atoms with Crippen molar-refractivity contribution in [1.82, 2.24) is 5.43 Å². The highest BCUT2D eigenvalue weighted by Gasteiger charge is 2.15. The molecule has 0 aliphatic heterocycles. The number of rotatable bonds is 7. The van der Waals surface area contributed by atoms with Crippen LogP contribution in [0.4, 0.5) is 0 Å². The molecule has 7 heteroatoms. The summed E-state index contributed by atoms with van der Waals surface area (Å²) in [5, 5.41) is 3.97. The highest BCUT2D eigenvalue weighted by molar-refractivity contribution is 9.10. The minimum absolute atomic E-state index is 0.365. The molecule has 0 spiro atoms. The van der Waals surface area contributed by atoms with Crippen molar-refractivity contribution >= 4 is 28.1 Å². The lowest BCUT2D eigenvalue weighted by Crippen LogP contribution is -2.33. The predicted molar refractivity (Wildman–Crippen MR) is 104 cm³/mol. The van der Waals surface area contributed by atoms with Gasteiger partial charge in [-0.3, -0.25) is 4.79 Å². The van der Waals surface area contributed by atoms with E-state index in [1.165, 1.54) is 6.21 Å². The van der Waals surface area contributed by atoms with Crippen molar-refractivity contribution in [2.75, 3.05) is 14.2 Å². The van der Waals surface area contributed by atoms with Gasteiger partial charge in [0, 0.05) is 5.56 Å². The summed E-state index contributed by atoms with van der Waals surface area (Å²) in [5.74, 6) is 1.52. The molecule has 0 saturated carbocycles. The van der Waals surface area contributed by atoms with Crippen LogP contribution < -0.4 is 19.6 Å². The number of nitrogens with one attached hydrogen (secondary N) is 1. The Balaban J connectivity index is 2.00. The summed E-state index contributed by atoms with van der Waals surface area (Å²) in [5.41, 5.74) is 4.24. The highest BCUT2D eigenvalue weighted by atomic mass is 79.9. The molecule has 6 nitrogen and oxygen atoms in total. The lowest BCUT2D eigenvalue weighted by atomic mass is 10.2. The fourth-order valence-electron chi connectivity index (χ4n) is 2.14. The molecule has 0 bridgehead atoms. The van der Waals surface area contributed by atoms with Gasteiger partial charge in [-0.15, -0.1) is 0 Å². The number of aryl methyl sites for hydroxylation is 1. The van der Waals surface area contributed by atoms with Crippen LogP contribution in [0.15, 0.2) is 46.0 Å². The maximum absolute atomic E-state index is 12.2. The van der Waals surface area contributed by atoms with Gasteiger partial charge in [0.25, 0.3) is 5.91 Å². The van der Waals surface area contributed by atoms with Crippen LogP contribution in [-0.2, 0) is 4.79 Å². The molecule has 0 saturated heterocycles. The maximum Gasteiger partial charge on any atom is 0.280 e. The van der Waals surface area contributed by atoms with Crippen LogP contribution in [-0.4, -0.2) is 32.4 Å². The van der Waals surface area contributed by atoms with Gasteiger partial charge >= 0.3 is 0 Å². The Kier molecular flexibility index (Phi) is 7.03. The Morgan fingerprint density at radius 3 is 2.54 bits per heavy atom. The van der Waals surface area contributed by atoms with Crippen molar-refractivity contribution in [2.24, 2.45) is 5.10 Å². The maximum atomic E-state index is 12.2. The van der Waals surface area contributed by atoms with Crippen molar-refractivity contribution in [3.63, 3.8) is 0 Å².